The zero-order valence-corrected chi connectivity index (χ0v) is 16.7. The molecule has 0 spiro atoms. The molecule has 2 heterocycles. The monoisotopic (exact) mass is 366 g/mol. The van der Waals surface area contributed by atoms with Crippen molar-refractivity contribution in [2.24, 2.45) is 0 Å². The molecular weight excluding hydrogens is 336 g/mol. The van der Waals surface area contributed by atoms with Gasteiger partial charge in [0.2, 0.25) is 0 Å². The van der Waals surface area contributed by atoms with E-state index in [2.05, 4.69) is 59.1 Å². The number of hydrogen-bond donors (Lipinski definition) is 1. The molecule has 0 bridgehead atoms. The van der Waals surface area contributed by atoms with Crippen LogP contribution in [0.4, 0.5) is 11.5 Å². The van der Waals surface area contributed by atoms with Crippen molar-refractivity contribution in [3.05, 3.63) is 53.2 Å². The molecule has 1 aliphatic heterocycles. The molecule has 1 amide bonds. The van der Waals surface area contributed by atoms with Crippen molar-refractivity contribution in [1.82, 2.24) is 9.88 Å². The summed E-state index contributed by atoms with van der Waals surface area (Å²) in [4.78, 5) is 22.1. The van der Waals surface area contributed by atoms with Gasteiger partial charge in [-0.25, -0.2) is 4.98 Å². The van der Waals surface area contributed by atoms with Gasteiger partial charge in [-0.2, -0.15) is 0 Å². The maximum atomic E-state index is 12.9. The van der Waals surface area contributed by atoms with Crippen LogP contribution in [-0.2, 0) is 12.8 Å². The molecule has 1 N–H and O–H groups in total. The highest BCUT2D eigenvalue weighted by Crippen LogP contribution is 2.24. The van der Waals surface area contributed by atoms with Crippen molar-refractivity contribution in [3.63, 3.8) is 0 Å². The van der Waals surface area contributed by atoms with E-state index in [9.17, 15) is 4.79 Å². The maximum Gasteiger partial charge on any atom is 0.255 e. The summed E-state index contributed by atoms with van der Waals surface area (Å²) in [5.74, 6) is 0.819. The number of amides is 1. The number of nitrogens with zero attached hydrogens (tertiary/aromatic N) is 3. The second-order valence-corrected chi connectivity index (χ2v) is 6.94. The van der Waals surface area contributed by atoms with Gasteiger partial charge in [0.25, 0.3) is 5.91 Å². The van der Waals surface area contributed by atoms with E-state index < -0.39 is 0 Å². The predicted octanol–water partition coefficient (Wildman–Crippen LogP) is 3.60. The van der Waals surface area contributed by atoms with Crippen molar-refractivity contribution < 1.29 is 4.79 Å². The number of aromatic nitrogens is 1. The number of hydrogen-bond acceptors (Lipinski definition) is 4. The molecule has 2 aromatic rings. The molecule has 1 aromatic heterocycles. The third-order valence-corrected chi connectivity index (χ3v) is 5.39. The first-order valence-corrected chi connectivity index (χ1v) is 10.0. The Labute approximate surface area is 162 Å². The minimum atomic E-state index is -0.0681. The molecule has 0 atom stereocenters. The van der Waals surface area contributed by atoms with E-state index in [1.807, 2.05) is 6.07 Å². The fourth-order valence-corrected chi connectivity index (χ4v) is 3.61. The minimum Gasteiger partial charge on any atom is -0.354 e. The van der Waals surface area contributed by atoms with E-state index in [4.69, 9.17) is 0 Å². The van der Waals surface area contributed by atoms with Crippen molar-refractivity contribution in [2.75, 3.05) is 42.9 Å². The largest absolute Gasteiger partial charge is 0.354 e. The highest BCUT2D eigenvalue weighted by Gasteiger charge is 2.18. The number of benzene rings is 1. The van der Waals surface area contributed by atoms with Crippen LogP contribution in [0, 0.1) is 0 Å². The summed E-state index contributed by atoms with van der Waals surface area (Å²) in [5, 5.41) is 3.15. The minimum absolute atomic E-state index is 0.0681. The van der Waals surface area contributed by atoms with Crippen LogP contribution in [0.2, 0.25) is 0 Å². The standard InChI is InChI=1S/C22H30N4O/c1-4-17-8-7-9-18(5-2)21(17)24-22(27)19-10-11-23-20(16-19)26-14-12-25(6-3)13-15-26/h7-11,16H,4-6,12-15H2,1-3H3,(H,24,27). The molecule has 5 nitrogen and oxygen atoms in total. The number of para-hydroxylation sites is 1. The number of aryl methyl sites for hydroxylation is 2. The van der Waals surface area contributed by atoms with Gasteiger partial charge in [-0.1, -0.05) is 39.0 Å². The average molecular weight is 367 g/mol. The summed E-state index contributed by atoms with van der Waals surface area (Å²) in [6.45, 7) is 11.5. The lowest BCUT2D eigenvalue weighted by molar-refractivity contribution is 0.102. The molecule has 0 aliphatic carbocycles. The summed E-state index contributed by atoms with van der Waals surface area (Å²) in [7, 11) is 0. The number of piperazine rings is 1. The zero-order valence-electron chi connectivity index (χ0n) is 16.7. The van der Waals surface area contributed by atoms with Gasteiger partial charge in [0.15, 0.2) is 0 Å². The van der Waals surface area contributed by atoms with Crippen LogP contribution in [0.5, 0.6) is 0 Å². The van der Waals surface area contributed by atoms with E-state index >= 15 is 0 Å². The molecule has 1 aliphatic rings. The van der Waals surface area contributed by atoms with Crippen LogP contribution in [0.3, 0.4) is 0 Å². The molecule has 1 fully saturated rings. The van der Waals surface area contributed by atoms with Crippen LogP contribution in [0.1, 0.15) is 42.3 Å². The first-order valence-electron chi connectivity index (χ1n) is 10.0. The Morgan fingerprint density at radius 1 is 1.04 bits per heavy atom. The lowest BCUT2D eigenvalue weighted by Crippen LogP contribution is -2.46. The number of likely N-dealkylation sites (N-methyl/N-ethyl adjacent to an activating group) is 1. The highest BCUT2D eigenvalue weighted by molar-refractivity contribution is 6.05. The van der Waals surface area contributed by atoms with Gasteiger partial charge in [0.05, 0.1) is 0 Å². The van der Waals surface area contributed by atoms with E-state index in [0.717, 1.165) is 57.1 Å². The van der Waals surface area contributed by atoms with Crippen LogP contribution in [-0.4, -0.2) is 48.5 Å². The van der Waals surface area contributed by atoms with E-state index in [0.29, 0.717) is 5.56 Å². The molecule has 5 heteroatoms. The Morgan fingerprint density at radius 2 is 1.70 bits per heavy atom. The fourth-order valence-electron chi connectivity index (χ4n) is 3.61. The third-order valence-electron chi connectivity index (χ3n) is 5.39. The zero-order chi connectivity index (χ0) is 19.2. The SMILES string of the molecule is CCc1cccc(CC)c1NC(=O)c1ccnc(N2CCN(CC)CC2)c1. The molecule has 1 aromatic carbocycles. The van der Waals surface area contributed by atoms with E-state index in [-0.39, 0.29) is 5.91 Å². The van der Waals surface area contributed by atoms with E-state index in [1.54, 1.807) is 12.3 Å². The molecule has 1 saturated heterocycles. The molecule has 0 unspecified atom stereocenters. The van der Waals surface area contributed by atoms with Crippen molar-refractivity contribution in [1.29, 1.82) is 0 Å². The molecule has 3 rings (SSSR count). The van der Waals surface area contributed by atoms with Gasteiger partial charge < -0.3 is 15.1 Å². The first kappa shape index (κ1) is 19.4. The summed E-state index contributed by atoms with van der Waals surface area (Å²) in [6.07, 6.45) is 3.53. The molecule has 27 heavy (non-hydrogen) atoms. The Bertz CT molecular complexity index is 759. The van der Waals surface area contributed by atoms with Crippen LogP contribution < -0.4 is 10.2 Å². The summed E-state index contributed by atoms with van der Waals surface area (Å²) in [5.41, 5.74) is 3.97. The fraction of sp³-hybridized carbons (Fsp3) is 0.455. The number of pyridine rings is 1. The first-order chi connectivity index (χ1) is 13.2. The second kappa shape index (κ2) is 9.00. The Balaban J connectivity index is 1.77. The van der Waals surface area contributed by atoms with Gasteiger partial charge in [-0.05, 0) is 42.6 Å². The van der Waals surface area contributed by atoms with Crippen molar-refractivity contribution >= 4 is 17.4 Å². The molecule has 144 valence electrons. The molecule has 0 radical (unpaired) electrons. The van der Waals surface area contributed by atoms with Gasteiger partial charge in [-0.15, -0.1) is 0 Å². The van der Waals surface area contributed by atoms with Crippen molar-refractivity contribution in [3.8, 4) is 0 Å². The number of carbonyl (C=O) groups is 1. The number of anilines is 2. The number of rotatable bonds is 6. The number of carbonyl (C=O) groups excluding carboxylic acids is 1. The van der Waals surface area contributed by atoms with E-state index in [1.165, 1.54) is 11.1 Å². The van der Waals surface area contributed by atoms with Gasteiger partial charge in [0, 0.05) is 43.6 Å². The summed E-state index contributed by atoms with van der Waals surface area (Å²) < 4.78 is 0. The third kappa shape index (κ3) is 4.48. The Kier molecular flexibility index (Phi) is 6.45. The van der Waals surface area contributed by atoms with Gasteiger partial charge in [0.1, 0.15) is 5.82 Å². The summed E-state index contributed by atoms with van der Waals surface area (Å²) in [6, 6.07) is 9.94. The Morgan fingerprint density at radius 3 is 2.30 bits per heavy atom. The second-order valence-electron chi connectivity index (χ2n) is 6.94. The van der Waals surface area contributed by atoms with Gasteiger partial charge in [-0.3, -0.25) is 4.79 Å². The Hall–Kier alpha value is -2.40. The lowest BCUT2D eigenvalue weighted by atomic mass is 10.0. The smallest absolute Gasteiger partial charge is 0.255 e. The maximum absolute atomic E-state index is 12.9. The van der Waals surface area contributed by atoms with Crippen LogP contribution in [0.25, 0.3) is 0 Å². The lowest BCUT2D eigenvalue weighted by Gasteiger charge is -2.34. The average Bonchev–Trinajstić information content (AvgIpc) is 2.74. The normalized spacial score (nSPS) is 15.0. The van der Waals surface area contributed by atoms with Crippen LogP contribution in [0.15, 0.2) is 36.5 Å². The number of nitrogens with one attached hydrogen (secondary N) is 1. The van der Waals surface area contributed by atoms with Gasteiger partial charge >= 0.3 is 0 Å². The van der Waals surface area contributed by atoms with Crippen LogP contribution >= 0.6 is 0 Å². The molecule has 0 saturated carbocycles. The highest BCUT2D eigenvalue weighted by atomic mass is 16.1. The molecular formula is C22H30N4O. The summed E-state index contributed by atoms with van der Waals surface area (Å²) >= 11 is 0. The quantitative estimate of drug-likeness (QED) is 0.849. The topological polar surface area (TPSA) is 48.5 Å². The predicted molar refractivity (Wildman–Crippen MR) is 112 cm³/mol. The van der Waals surface area contributed by atoms with Crippen molar-refractivity contribution in [2.45, 2.75) is 33.6 Å².